The number of hydrogen-bond donors (Lipinski definition) is 1. The van der Waals surface area contributed by atoms with E-state index in [1.54, 1.807) is 0 Å². The molecule has 0 bridgehead atoms. The summed E-state index contributed by atoms with van der Waals surface area (Å²) in [6, 6.07) is 0.627. The van der Waals surface area contributed by atoms with E-state index in [1.165, 1.54) is 25.7 Å². The number of nitrogens with zero attached hydrogens (tertiary/aromatic N) is 2. The van der Waals surface area contributed by atoms with Gasteiger partial charge in [-0.25, -0.2) is 0 Å². The third-order valence-electron chi connectivity index (χ3n) is 3.48. The monoisotopic (exact) mass is 269 g/mol. The van der Waals surface area contributed by atoms with Crippen LogP contribution in [0.4, 0.5) is 0 Å². The molecule has 0 amide bonds. The third-order valence-corrected chi connectivity index (χ3v) is 4.48. The van der Waals surface area contributed by atoms with Gasteiger partial charge in [-0.05, 0) is 12.8 Å². The molecule has 5 nitrogen and oxygen atoms in total. The number of aromatic nitrogens is 2. The Labute approximate surface area is 111 Å². The number of nitrogens with one attached hydrogen (secondary N) is 1. The van der Waals surface area contributed by atoms with Crippen LogP contribution in [-0.2, 0) is 11.3 Å². The van der Waals surface area contributed by atoms with Crippen molar-refractivity contribution in [2.45, 2.75) is 44.4 Å². The molecule has 3 rings (SSSR count). The second kappa shape index (κ2) is 6.04. The molecule has 18 heavy (non-hydrogen) atoms. The molecule has 2 fully saturated rings. The van der Waals surface area contributed by atoms with Crippen molar-refractivity contribution in [3.63, 3.8) is 0 Å². The van der Waals surface area contributed by atoms with E-state index in [-0.39, 0.29) is 6.10 Å². The summed E-state index contributed by atoms with van der Waals surface area (Å²) in [5.41, 5.74) is 0. The minimum absolute atomic E-state index is 0.00716. The van der Waals surface area contributed by atoms with Crippen molar-refractivity contribution >= 4 is 11.8 Å². The fourth-order valence-corrected chi connectivity index (χ4v) is 3.31. The van der Waals surface area contributed by atoms with Gasteiger partial charge in [-0.1, -0.05) is 18.0 Å². The van der Waals surface area contributed by atoms with Gasteiger partial charge in [-0.2, -0.15) is 16.7 Å². The van der Waals surface area contributed by atoms with Crippen molar-refractivity contribution in [1.82, 2.24) is 15.5 Å². The third kappa shape index (κ3) is 3.05. The van der Waals surface area contributed by atoms with Gasteiger partial charge in [0.1, 0.15) is 6.10 Å². The standard InChI is InChI=1S/C12H19N3O2S/c1-2-4-9(3-1)13-7-11-14-12(15-17-11)10-8-18-6-5-16-10/h9-10,13H,1-8H2. The zero-order chi connectivity index (χ0) is 12.2. The Morgan fingerprint density at radius 1 is 1.33 bits per heavy atom. The van der Waals surface area contributed by atoms with E-state index in [1.807, 2.05) is 11.8 Å². The predicted molar refractivity (Wildman–Crippen MR) is 69.4 cm³/mol. The zero-order valence-electron chi connectivity index (χ0n) is 10.4. The maximum atomic E-state index is 5.63. The van der Waals surface area contributed by atoms with Crippen molar-refractivity contribution in [3.8, 4) is 0 Å². The lowest BCUT2D eigenvalue weighted by Crippen LogP contribution is -2.25. The Morgan fingerprint density at radius 3 is 3.00 bits per heavy atom. The first kappa shape index (κ1) is 12.4. The molecule has 1 aliphatic carbocycles. The normalized spacial score (nSPS) is 25.7. The first-order valence-electron chi connectivity index (χ1n) is 6.67. The molecule has 2 aliphatic rings. The molecule has 1 aromatic heterocycles. The van der Waals surface area contributed by atoms with Crippen molar-refractivity contribution in [2.24, 2.45) is 0 Å². The summed E-state index contributed by atoms with van der Waals surface area (Å²) in [6.07, 6.45) is 5.21. The fraction of sp³-hybridized carbons (Fsp3) is 0.833. The fourth-order valence-electron chi connectivity index (χ4n) is 2.47. The minimum Gasteiger partial charge on any atom is -0.368 e. The number of rotatable bonds is 4. The van der Waals surface area contributed by atoms with E-state index in [0.717, 1.165) is 18.1 Å². The summed E-state index contributed by atoms with van der Waals surface area (Å²) >= 11 is 1.88. The highest BCUT2D eigenvalue weighted by atomic mass is 32.2. The van der Waals surface area contributed by atoms with Crippen LogP contribution in [0.15, 0.2) is 4.52 Å². The van der Waals surface area contributed by atoms with Gasteiger partial charge >= 0.3 is 0 Å². The van der Waals surface area contributed by atoms with Gasteiger partial charge in [0.2, 0.25) is 11.7 Å². The van der Waals surface area contributed by atoms with E-state index < -0.39 is 0 Å². The SMILES string of the molecule is C1CCC(NCc2nc(C3CSCCO3)no2)C1. The van der Waals surface area contributed by atoms with Crippen LogP contribution in [0.5, 0.6) is 0 Å². The molecule has 1 N–H and O–H groups in total. The molecule has 1 aromatic rings. The van der Waals surface area contributed by atoms with Crippen molar-refractivity contribution in [3.05, 3.63) is 11.7 Å². The van der Waals surface area contributed by atoms with Crippen LogP contribution >= 0.6 is 11.8 Å². The van der Waals surface area contributed by atoms with Gasteiger partial charge < -0.3 is 14.6 Å². The second-order valence-corrected chi connectivity index (χ2v) is 5.99. The van der Waals surface area contributed by atoms with E-state index in [0.29, 0.717) is 24.3 Å². The van der Waals surface area contributed by atoms with E-state index in [9.17, 15) is 0 Å². The Morgan fingerprint density at radius 2 is 2.22 bits per heavy atom. The van der Waals surface area contributed by atoms with Crippen molar-refractivity contribution in [1.29, 1.82) is 0 Å². The van der Waals surface area contributed by atoms with E-state index >= 15 is 0 Å². The van der Waals surface area contributed by atoms with Crippen molar-refractivity contribution < 1.29 is 9.26 Å². The summed E-state index contributed by atoms with van der Waals surface area (Å²) in [6.45, 7) is 1.46. The van der Waals surface area contributed by atoms with E-state index in [4.69, 9.17) is 9.26 Å². The zero-order valence-corrected chi connectivity index (χ0v) is 11.2. The lowest BCUT2D eigenvalue weighted by Gasteiger charge is -2.18. The highest BCUT2D eigenvalue weighted by Gasteiger charge is 2.22. The topological polar surface area (TPSA) is 60.2 Å². The van der Waals surface area contributed by atoms with Crippen LogP contribution in [0, 0.1) is 0 Å². The highest BCUT2D eigenvalue weighted by Crippen LogP contribution is 2.24. The highest BCUT2D eigenvalue weighted by molar-refractivity contribution is 7.99. The van der Waals surface area contributed by atoms with Gasteiger partial charge in [0, 0.05) is 17.5 Å². The number of ether oxygens (including phenoxy) is 1. The summed E-state index contributed by atoms with van der Waals surface area (Å²) < 4.78 is 10.9. The minimum atomic E-state index is 0.00716. The maximum Gasteiger partial charge on any atom is 0.240 e. The largest absolute Gasteiger partial charge is 0.368 e. The molecule has 6 heteroatoms. The van der Waals surface area contributed by atoms with Crippen LogP contribution < -0.4 is 5.32 Å². The molecule has 1 atom stereocenters. The van der Waals surface area contributed by atoms with Gasteiger partial charge in [0.15, 0.2) is 0 Å². The molecule has 2 heterocycles. The Kier molecular flexibility index (Phi) is 4.17. The lowest BCUT2D eigenvalue weighted by atomic mass is 10.2. The Balaban J connectivity index is 1.52. The van der Waals surface area contributed by atoms with E-state index in [2.05, 4.69) is 15.5 Å². The second-order valence-electron chi connectivity index (χ2n) is 4.84. The molecule has 1 saturated carbocycles. The van der Waals surface area contributed by atoms with Gasteiger partial charge in [-0.3, -0.25) is 0 Å². The summed E-state index contributed by atoms with van der Waals surface area (Å²) in [5, 5.41) is 7.49. The molecule has 1 aliphatic heterocycles. The van der Waals surface area contributed by atoms with Gasteiger partial charge in [0.05, 0.1) is 13.2 Å². The van der Waals surface area contributed by atoms with Crippen LogP contribution in [0.3, 0.4) is 0 Å². The van der Waals surface area contributed by atoms with Gasteiger partial charge in [0.25, 0.3) is 0 Å². The predicted octanol–water partition coefficient (Wildman–Crippen LogP) is 1.91. The summed E-state index contributed by atoms with van der Waals surface area (Å²) in [4.78, 5) is 4.42. The number of hydrogen-bond acceptors (Lipinski definition) is 6. The molecule has 0 spiro atoms. The van der Waals surface area contributed by atoms with Crippen LogP contribution in [0.2, 0.25) is 0 Å². The first-order valence-corrected chi connectivity index (χ1v) is 7.82. The lowest BCUT2D eigenvalue weighted by molar-refractivity contribution is 0.0677. The Bertz CT molecular complexity index is 373. The van der Waals surface area contributed by atoms with Crippen LogP contribution in [-0.4, -0.2) is 34.3 Å². The molecule has 0 radical (unpaired) electrons. The maximum absolute atomic E-state index is 5.63. The first-order chi connectivity index (χ1) is 8.92. The molecule has 0 aromatic carbocycles. The van der Waals surface area contributed by atoms with Crippen LogP contribution in [0.25, 0.3) is 0 Å². The Hall–Kier alpha value is -0.590. The molecular weight excluding hydrogens is 250 g/mol. The van der Waals surface area contributed by atoms with Gasteiger partial charge in [-0.15, -0.1) is 0 Å². The molecule has 1 unspecified atom stereocenters. The summed E-state index contributed by atoms with van der Waals surface area (Å²) in [5.74, 6) is 3.36. The average molecular weight is 269 g/mol. The smallest absolute Gasteiger partial charge is 0.240 e. The average Bonchev–Trinajstić information content (AvgIpc) is 3.09. The van der Waals surface area contributed by atoms with Crippen molar-refractivity contribution in [2.75, 3.05) is 18.1 Å². The molecule has 1 saturated heterocycles. The summed E-state index contributed by atoms with van der Waals surface area (Å²) in [7, 11) is 0. The molecular formula is C12H19N3O2S. The molecule has 100 valence electrons. The van der Waals surface area contributed by atoms with Crippen LogP contribution in [0.1, 0.15) is 43.5 Å². The number of thioether (sulfide) groups is 1. The quantitative estimate of drug-likeness (QED) is 0.901.